The van der Waals surface area contributed by atoms with E-state index in [2.05, 4.69) is 20.6 Å². The zero-order valence-electron chi connectivity index (χ0n) is 12.3. The number of hydrogen-bond acceptors (Lipinski definition) is 4. The van der Waals surface area contributed by atoms with Crippen LogP contribution in [0.3, 0.4) is 0 Å². The van der Waals surface area contributed by atoms with Gasteiger partial charge in [-0.05, 0) is 30.3 Å². The largest absolute Gasteiger partial charge is 0.338 e. The lowest BCUT2D eigenvalue weighted by Crippen LogP contribution is -2.04. The zero-order chi connectivity index (χ0) is 18.0. The topological polar surface area (TPSA) is 49.8 Å². The van der Waals surface area contributed by atoms with Crippen LogP contribution in [-0.2, 0) is 0 Å². The van der Waals surface area contributed by atoms with Crippen LogP contribution in [0.1, 0.15) is 0 Å². The minimum atomic E-state index is -1.63. The molecule has 0 bridgehead atoms. The first-order valence-corrected chi connectivity index (χ1v) is 6.89. The average molecular weight is 352 g/mol. The zero-order valence-corrected chi connectivity index (χ0v) is 12.3. The molecule has 128 valence electrons. The van der Waals surface area contributed by atoms with Gasteiger partial charge in [0.2, 0.25) is 5.95 Å². The Morgan fingerprint density at radius 3 is 2.24 bits per heavy atom. The SMILES string of the molecule is Fc1ccc(Nc2ccnc(Nc3ccc(F)c(F)c3F)n2)c(F)c1. The summed E-state index contributed by atoms with van der Waals surface area (Å²) in [6.07, 6.45) is 1.27. The smallest absolute Gasteiger partial charge is 0.229 e. The minimum Gasteiger partial charge on any atom is -0.338 e. The average Bonchev–Trinajstić information content (AvgIpc) is 2.58. The summed E-state index contributed by atoms with van der Waals surface area (Å²) in [4.78, 5) is 7.75. The Kier molecular flexibility index (Phi) is 4.46. The van der Waals surface area contributed by atoms with E-state index in [9.17, 15) is 22.0 Å². The van der Waals surface area contributed by atoms with Crippen LogP contribution in [0.2, 0.25) is 0 Å². The molecule has 25 heavy (non-hydrogen) atoms. The number of nitrogens with zero attached hydrogens (tertiary/aromatic N) is 2. The van der Waals surface area contributed by atoms with Gasteiger partial charge in [0.1, 0.15) is 17.5 Å². The molecule has 0 unspecified atom stereocenters. The number of anilines is 4. The van der Waals surface area contributed by atoms with E-state index < -0.39 is 29.1 Å². The van der Waals surface area contributed by atoms with Crippen LogP contribution >= 0.6 is 0 Å². The third-order valence-corrected chi connectivity index (χ3v) is 3.13. The molecule has 2 N–H and O–H groups in total. The van der Waals surface area contributed by atoms with Crippen molar-refractivity contribution in [3.63, 3.8) is 0 Å². The van der Waals surface area contributed by atoms with E-state index in [4.69, 9.17) is 0 Å². The van der Waals surface area contributed by atoms with Gasteiger partial charge in [0.05, 0.1) is 11.4 Å². The summed E-state index contributed by atoms with van der Waals surface area (Å²) in [5.41, 5.74) is -0.408. The maximum absolute atomic E-state index is 13.7. The predicted molar refractivity (Wildman–Crippen MR) is 81.3 cm³/mol. The lowest BCUT2D eigenvalue weighted by atomic mass is 10.3. The van der Waals surface area contributed by atoms with E-state index in [-0.39, 0.29) is 23.1 Å². The lowest BCUT2D eigenvalue weighted by Gasteiger charge is -2.10. The lowest BCUT2D eigenvalue weighted by molar-refractivity contribution is 0.449. The number of aromatic nitrogens is 2. The quantitative estimate of drug-likeness (QED) is 0.530. The fourth-order valence-electron chi connectivity index (χ4n) is 1.96. The third-order valence-electron chi connectivity index (χ3n) is 3.13. The highest BCUT2D eigenvalue weighted by atomic mass is 19.2. The summed E-state index contributed by atoms with van der Waals surface area (Å²) in [6, 6.07) is 6.04. The van der Waals surface area contributed by atoms with E-state index >= 15 is 0 Å². The van der Waals surface area contributed by atoms with Gasteiger partial charge in [0.15, 0.2) is 17.5 Å². The molecule has 0 radical (unpaired) electrons. The predicted octanol–water partition coefficient (Wildman–Crippen LogP) is 4.66. The Labute approximate surface area is 138 Å². The normalized spacial score (nSPS) is 10.6. The molecule has 0 amide bonds. The fourth-order valence-corrected chi connectivity index (χ4v) is 1.96. The fraction of sp³-hybridized carbons (Fsp3) is 0. The van der Waals surface area contributed by atoms with Gasteiger partial charge in [0, 0.05) is 12.3 Å². The molecule has 4 nitrogen and oxygen atoms in total. The van der Waals surface area contributed by atoms with Crippen molar-refractivity contribution < 1.29 is 22.0 Å². The Morgan fingerprint density at radius 1 is 0.720 bits per heavy atom. The van der Waals surface area contributed by atoms with Crippen molar-refractivity contribution in [2.45, 2.75) is 0 Å². The van der Waals surface area contributed by atoms with E-state index in [1.807, 2.05) is 0 Å². The molecule has 0 fully saturated rings. The summed E-state index contributed by atoms with van der Waals surface area (Å²) in [5, 5.41) is 4.99. The third kappa shape index (κ3) is 3.65. The van der Waals surface area contributed by atoms with Crippen molar-refractivity contribution in [2.75, 3.05) is 10.6 Å². The summed E-state index contributed by atoms with van der Waals surface area (Å²) in [6.45, 7) is 0. The number of benzene rings is 2. The molecule has 0 saturated carbocycles. The monoisotopic (exact) mass is 352 g/mol. The molecule has 0 aliphatic rings. The van der Waals surface area contributed by atoms with Crippen LogP contribution in [0, 0.1) is 29.1 Å². The molecule has 0 aliphatic heterocycles. The van der Waals surface area contributed by atoms with Crippen molar-refractivity contribution in [1.82, 2.24) is 9.97 Å². The van der Waals surface area contributed by atoms with E-state index in [0.29, 0.717) is 6.07 Å². The van der Waals surface area contributed by atoms with Crippen molar-refractivity contribution in [2.24, 2.45) is 0 Å². The summed E-state index contributed by atoms with van der Waals surface area (Å²) in [5.74, 6) is -5.98. The minimum absolute atomic E-state index is 0.0370. The molecule has 9 heteroatoms. The molecular weight excluding hydrogens is 343 g/mol. The molecule has 1 aromatic heterocycles. The molecule has 0 spiro atoms. The van der Waals surface area contributed by atoms with E-state index in [1.54, 1.807) is 0 Å². The molecule has 0 atom stereocenters. The van der Waals surface area contributed by atoms with E-state index in [1.165, 1.54) is 18.3 Å². The van der Waals surface area contributed by atoms with E-state index in [0.717, 1.165) is 18.2 Å². The second-order valence-electron chi connectivity index (χ2n) is 4.86. The van der Waals surface area contributed by atoms with Gasteiger partial charge in [-0.3, -0.25) is 0 Å². The van der Waals surface area contributed by atoms with Crippen molar-refractivity contribution in [3.05, 3.63) is 71.7 Å². The second-order valence-corrected chi connectivity index (χ2v) is 4.86. The maximum Gasteiger partial charge on any atom is 0.229 e. The van der Waals surface area contributed by atoms with Gasteiger partial charge in [-0.2, -0.15) is 4.98 Å². The number of nitrogens with one attached hydrogen (secondary N) is 2. The maximum atomic E-state index is 13.7. The Hall–Kier alpha value is -3.23. The summed E-state index contributed by atoms with van der Waals surface area (Å²) in [7, 11) is 0. The molecule has 3 rings (SSSR count). The van der Waals surface area contributed by atoms with Gasteiger partial charge < -0.3 is 10.6 Å². The highest BCUT2D eigenvalue weighted by molar-refractivity contribution is 5.60. The Bertz CT molecular complexity index is 932. The Morgan fingerprint density at radius 2 is 1.48 bits per heavy atom. The van der Waals surface area contributed by atoms with Gasteiger partial charge in [-0.15, -0.1) is 0 Å². The molecular formula is C16H9F5N4. The number of halogens is 5. The first-order valence-electron chi connectivity index (χ1n) is 6.89. The van der Waals surface area contributed by atoms with Crippen molar-refractivity contribution in [3.8, 4) is 0 Å². The van der Waals surface area contributed by atoms with Crippen molar-refractivity contribution >= 4 is 23.1 Å². The molecule has 2 aromatic carbocycles. The molecule has 3 aromatic rings. The summed E-state index contributed by atoms with van der Waals surface area (Å²) < 4.78 is 66.3. The molecule has 0 saturated heterocycles. The van der Waals surface area contributed by atoms with Gasteiger partial charge in [0.25, 0.3) is 0 Å². The van der Waals surface area contributed by atoms with Crippen LogP contribution in [0.4, 0.5) is 45.1 Å². The van der Waals surface area contributed by atoms with Crippen LogP contribution in [0.15, 0.2) is 42.6 Å². The standard InChI is InChI=1S/C16H9F5N4/c17-8-1-3-11(10(19)7-8)23-13-5-6-22-16(25-13)24-12-4-2-9(18)14(20)15(12)21/h1-7H,(H2,22,23,24,25). The molecule has 1 heterocycles. The van der Waals surface area contributed by atoms with Gasteiger partial charge in [-0.25, -0.2) is 26.9 Å². The number of hydrogen-bond donors (Lipinski definition) is 2. The summed E-state index contributed by atoms with van der Waals surface area (Å²) >= 11 is 0. The first kappa shape index (κ1) is 16.6. The van der Waals surface area contributed by atoms with Crippen LogP contribution in [0.5, 0.6) is 0 Å². The Balaban J connectivity index is 1.83. The first-order chi connectivity index (χ1) is 11.9. The van der Waals surface area contributed by atoms with Gasteiger partial charge in [-0.1, -0.05) is 0 Å². The van der Waals surface area contributed by atoms with Crippen LogP contribution < -0.4 is 10.6 Å². The van der Waals surface area contributed by atoms with Gasteiger partial charge >= 0.3 is 0 Å². The second kappa shape index (κ2) is 6.71. The van der Waals surface area contributed by atoms with Crippen LogP contribution in [0.25, 0.3) is 0 Å². The van der Waals surface area contributed by atoms with Crippen molar-refractivity contribution in [1.29, 1.82) is 0 Å². The highest BCUT2D eigenvalue weighted by Gasteiger charge is 2.14. The number of rotatable bonds is 4. The molecule has 0 aliphatic carbocycles. The van der Waals surface area contributed by atoms with Crippen LogP contribution in [-0.4, -0.2) is 9.97 Å². The highest BCUT2D eigenvalue weighted by Crippen LogP contribution is 2.23.